The van der Waals surface area contributed by atoms with Gasteiger partial charge >= 0.3 is 0 Å². The molecule has 0 radical (unpaired) electrons. The molecule has 0 aliphatic carbocycles. The van der Waals surface area contributed by atoms with E-state index in [1.807, 2.05) is 6.07 Å². The van der Waals surface area contributed by atoms with Crippen LogP contribution in [0.5, 0.6) is 0 Å². The van der Waals surface area contributed by atoms with Crippen LogP contribution in [0.1, 0.15) is 16.7 Å². The first-order chi connectivity index (χ1) is 10.3. The SMILES string of the molecule is Cc1cc[n+](Cc2ccc(C[n+]3ccccc3)cc2)cc1. The van der Waals surface area contributed by atoms with Gasteiger partial charge in [-0.25, -0.2) is 9.13 Å². The maximum Gasteiger partial charge on any atom is 0.173 e. The van der Waals surface area contributed by atoms with Gasteiger partial charge in [0.05, 0.1) is 0 Å². The molecule has 2 heteroatoms. The van der Waals surface area contributed by atoms with E-state index in [1.165, 1.54) is 16.7 Å². The van der Waals surface area contributed by atoms with Crippen molar-refractivity contribution in [2.75, 3.05) is 0 Å². The van der Waals surface area contributed by atoms with Crippen LogP contribution in [-0.4, -0.2) is 0 Å². The van der Waals surface area contributed by atoms with Crippen molar-refractivity contribution in [3.05, 3.63) is 96.1 Å². The highest BCUT2D eigenvalue weighted by atomic mass is 14.9. The molecular weight excluding hydrogens is 256 g/mol. The minimum atomic E-state index is 0.915. The predicted octanol–water partition coefficient (Wildman–Crippen LogP) is 2.67. The summed E-state index contributed by atoms with van der Waals surface area (Å²) in [6.45, 7) is 3.94. The van der Waals surface area contributed by atoms with Gasteiger partial charge in [0, 0.05) is 35.4 Å². The van der Waals surface area contributed by atoms with Crippen molar-refractivity contribution in [1.82, 2.24) is 0 Å². The molecule has 3 aromatic rings. The zero-order valence-corrected chi connectivity index (χ0v) is 12.3. The normalized spacial score (nSPS) is 10.5. The molecule has 0 amide bonds. The summed E-state index contributed by atoms with van der Waals surface area (Å²) < 4.78 is 4.39. The third-order valence-corrected chi connectivity index (χ3v) is 3.59. The highest BCUT2D eigenvalue weighted by Gasteiger charge is 2.04. The summed E-state index contributed by atoms with van der Waals surface area (Å²) in [5.41, 5.74) is 3.94. The van der Waals surface area contributed by atoms with Crippen molar-refractivity contribution in [3.63, 3.8) is 0 Å². The van der Waals surface area contributed by atoms with Crippen molar-refractivity contribution in [2.45, 2.75) is 20.0 Å². The van der Waals surface area contributed by atoms with Crippen LogP contribution >= 0.6 is 0 Å². The predicted molar refractivity (Wildman–Crippen MR) is 82.7 cm³/mol. The number of pyridine rings is 2. The number of aromatic nitrogens is 2. The number of aryl methyl sites for hydroxylation is 1. The molecule has 3 rings (SSSR count). The molecule has 0 saturated heterocycles. The van der Waals surface area contributed by atoms with Crippen LogP contribution in [0, 0.1) is 6.92 Å². The van der Waals surface area contributed by atoms with Crippen LogP contribution < -0.4 is 9.13 Å². The van der Waals surface area contributed by atoms with Crippen LogP contribution in [0.3, 0.4) is 0 Å². The fourth-order valence-corrected chi connectivity index (χ4v) is 2.35. The average Bonchev–Trinajstić information content (AvgIpc) is 2.53. The third kappa shape index (κ3) is 3.76. The molecule has 104 valence electrons. The molecule has 0 unspecified atom stereocenters. The van der Waals surface area contributed by atoms with Crippen molar-refractivity contribution < 1.29 is 9.13 Å². The van der Waals surface area contributed by atoms with Gasteiger partial charge in [-0.2, -0.15) is 0 Å². The van der Waals surface area contributed by atoms with E-state index in [0.717, 1.165) is 13.1 Å². The number of nitrogens with zero attached hydrogens (tertiary/aromatic N) is 2. The Bertz CT molecular complexity index is 686. The highest BCUT2D eigenvalue weighted by molar-refractivity contribution is 5.21. The Morgan fingerprint density at radius 3 is 1.62 bits per heavy atom. The molecule has 2 nitrogen and oxygen atoms in total. The molecule has 0 fully saturated rings. The molecule has 0 atom stereocenters. The maximum atomic E-state index is 2.21. The fraction of sp³-hybridized carbons (Fsp3) is 0.158. The lowest BCUT2D eigenvalue weighted by molar-refractivity contribution is -0.689. The van der Waals surface area contributed by atoms with E-state index in [1.54, 1.807) is 0 Å². The zero-order chi connectivity index (χ0) is 14.5. The van der Waals surface area contributed by atoms with Crippen molar-refractivity contribution in [2.24, 2.45) is 0 Å². The summed E-state index contributed by atoms with van der Waals surface area (Å²) in [7, 11) is 0. The lowest BCUT2D eigenvalue weighted by Crippen LogP contribution is -2.33. The molecule has 2 heterocycles. The van der Waals surface area contributed by atoms with E-state index in [9.17, 15) is 0 Å². The first-order valence-corrected chi connectivity index (χ1v) is 7.27. The molecular formula is C19H20N2+2. The van der Waals surface area contributed by atoms with Gasteiger partial charge in [-0.1, -0.05) is 30.3 Å². The topological polar surface area (TPSA) is 7.76 Å². The summed E-state index contributed by atoms with van der Waals surface area (Å²) >= 11 is 0. The smallest absolute Gasteiger partial charge is 0.173 e. The number of hydrogen-bond acceptors (Lipinski definition) is 0. The monoisotopic (exact) mass is 276 g/mol. The maximum absolute atomic E-state index is 2.21. The molecule has 21 heavy (non-hydrogen) atoms. The Morgan fingerprint density at radius 2 is 1.10 bits per heavy atom. The van der Waals surface area contributed by atoms with E-state index in [2.05, 4.69) is 89.4 Å². The van der Waals surface area contributed by atoms with Gasteiger partial charge < -0.3 is 0 Å². The summed E-state index contributed by atoms with van der Waals surface area (Å²) in [5, 5.41) is 0. The summed E-state index contributed by atoms with van der Waals surface area (Å²) in [5.74, 6) is 0. The Hall–Kier alpha value is -2.48. The molecule has 0 saturated carbocycles. The van der Waals surface area contributed by atoms with Crippen molar-refractivity contribution in [3.8, 4) is 0 Å². The van der Waals surface area contributed by atoms with Crippen molar-refractivity contribution >= 4 is 0 Å². The number of rotatable bonds is 4. The Balaban J connectivity index is 1.68. The second kappa shape index (κ2) is 6.31. The van der Waals surface area contributed by atoms with E-state index >= 15 is 0 Å². The van der Waals surface area contributed by atoms with Gasteiger partial charge in [-0.3, -0.25) is 0 Å². The number of benzene rings is 1. The van der Waals surface area contributed by atoms with Crippen LogP contribution in [0.25, 0.3) is 0 Å². The van der Waals surface area contributed by atoms with Gasteiger partial charge in [0.25, 0.3) is 0 Å². The molecule has 1 aromatic carbocycles. The third-order valence-electron chi connectivity index (χ3n) is 3.59. The summed E-state index contributed by atoms with van der Waals surface area (Å²) in [6, 6.07) is 19.3. The van der Waals surface area contributed by atoms with E-state index in [4.69, 9.17) is 0 Å². The zero-order valence-electron chi connectivity index (χ0n) is 12.3. The summed E-state index contributed by atoms with van der Waals surface area (Å²) in [6.07, 6.45) is 8.44. The lowest BCUT2D eigenvalue weighted by atomic mass is 10.1. The summed E-state index contributed by atoms with van der Waals surface area (Å²) in [4.78, 5) is 0. The van der Waals surface area contributed by atoms with Crippen LogP contribution in [0.4, 0.5) is 0 Å². The minimum Gasteiger partial charge on any atom is -0.201 e. The van der Waals surface area contributed by atoms with Gasteiger partial charge in [-0.05, 0) is 12.5 Å². The minimum absolute atomic E-state index is 0.915. The largest absolute Gasteiger partial charge is 0.201 e. The highest BCUT2D eigenvalue weighted by Crippen LogP contribution is 2.04. The van der Waals surface area contributed by atoms with Gasteiger partial charge in [0.1, 0.15) is 0 Å². The average molecular weight is 276 g/mol. The molecule has 0 N–H and O–H groups in total. The Morgan fingerprint density at radius 1 is 0.619 bits per heavy atom. The second-order valence-corrected chi connectivity index (χ2v) is 5.41. The molecule has 0 spiro atoms. The lowest BCUT2D eigenvalue weighted by Gasteiger charge is -2.01. The van der Waals surface area contributed by atoms with Crippen LogP contribution in [-0.2, 0) is 13.1 Å². The van der Waals surface area contributed by atoms with Crippen LogP contribution in [0.2, 0.25) is 0 Å². The molecule has 0 bridgehead atoms. The fourth-order valence-electron chi connectivity index (χ4n) is 2.35. The first-order valence-electron chi connectivity index (χ1n) is 7.27. The molecule has 2 aromatic heterocycles. The Kier molecular flexibility index (Phi) is 4.06. The second-order valence-electron chi connectivity index (χ2n) is 5.41. The van der Waals surface area contributed by atoms with Gasteiger partial charge in [0.15, 0.2) is 37.9 Å². The molecule has 0 aliphatic rings. The van der Waals surface area contributed by atoms with E-state index in [0.29, 0.717) is 0 Å². The molecule has 0 aliphatic heterocycles. The van der Waals surface area contributed by atoms with E-state index in [-0.39, 0.29) is 0 Å². The van der Waals surface area contributed by atoms with Gasteiger partial charge in [-0.15, -0.1) is 0 Å². The van der Waals surface area contributed by atoms with Gasteiger partial charge in [0.2, 0.25) is 0 Å². The standard InChI is InChI=1S/C19H20N2/c1-17-9-13-21(14-10-17)16-19-7-5-18(6-8-19)15-20-11-3-2-4-12-20/h2-14H,15-16H2,1H3/q+2. The first kappa shape index (κ1) is 13.5. The quantitative estimate of drug-likeness (QED) is 0.647. The Labute approximate surface area is 125 Å². The number of hydrogen-bond donors (Lipinski definition) is 0. The van der Waals surface area contributed by atoms with Crippen LogP contribution in [0.15, 0.2) is 79.4 Å². The van der Waals surface area contributed by atoms with E-state index < -0.39 is 0 Å². The van der Waals surface area contributed by atoms with Crippen molar-refractivity contribution in [1.29, 1.82) is 0 Å².